The minimum absolute atomic E-state index is 0.309. The predicted molar refractivity (Wildman–Crippen MR) is 72.5 cm³/mol. The maximum atomic E-state index is 11.1. The zero-order valence-corrected chi connectivity index (χ0v) is 11.9. The van der Waals surface area contributed by atoms with Gasteiger partial charge in [0.25, 0.3) is 0 Å². The smallest absolute Gasteiger partial charge is 0.330 e. The van der Waals surface area contributed by atoms with Crippen molar-refractivity contribution in [3.8, 4) is 0 Å². The quantitative estimate of drug-likeness (QED) is 0.454. The first-order chi connectivity index (χ1) is 7.13. The van der Waals surface area contributed by atoms with Gasteiger partial charge in [-0.1, -0.05) is 22.0 Å². The minimum Gasteiger partial charge on any atom is -0.463 e. The predicted octanol–water partition coefficient (Wildman–Crippen LogP) is 3.63. The van der Waals surface area contributed by atoms with E-state index < -0.39 is 0 Å². The fraction of sp³-hybridized carbons (Fsp3) is 0.182. The van der Waals surface area contributed by atoms with E-state index >= 15 is 0 Å². The van der Waals surface area contributed by atoms with Crippen LogP contribution in [0.3, 0.4) is 0 Å². The molecule has 0 amide bonds. The summed E-state index contributed by atoms with van der Waals surface area (Å²) < 4.78 is 6.90. The molecule has 2 nitrogen and oxygen atoms in total. The number of ether oxygens (including phenoxy) is 1. The SMILES string of the molecule is CCOC(=O)/C=C/c1ccc(Br)cc1I. The van der Waals surface area contributed by atoms with E-state index in [1.54, 1.807) is 13.0 Å². The maximum absolute atomic E-state index is 11.1. The van der Waals surface area contributed by atoms with Crippen LogP contribution in [0.25, 0.3) is 6.08 Å². The Morgan fingerprint density at radius 3 is 2.93 bits per heavy atom. The Balaban J connectivity index is 2.76. The minimum atomic E-state index is -0.309. The van der Waals surface area contributed by atoms with Crippen molar-refractivity contribution >= 4 is 50.6 Å². The van der Waals surface area contributed by atoms with Gasteiger partial charge < -0.3 is 4.74 Å². The van der Waals surface area contributed by atoms with E-state index in [1.807, 2.05) is 18.2 Å². The molecule has 0 saturated heterocycles. The molecule has 0 saturated carbocycles. The van der Waals surface area contributed by atoms with Crippen LogP contribution in [0.15, 0.2) is 28.7 Å². The lowest BCUT2D eigenvalue weighted by molar-refractivity contribution is -0.137. The van der Waals surface area contributed by atoms with Crippen molar-refractivity contribution in [2.24, 2.45) is 0 Å². The molecule has 1 aromatic carbocycles. The van der Waals surface area contributed by atoms with Gasteiger partial charge in [-0.3, -0.25) is 0 Å². The summed E-state index contributed by atoms with van der Waals surface area (Å²) >= 11 is 5.60. The molecule has 0 fully saturated rings. The van der Waals surface area contributed by atoms with Gasteiger partial charge in [0, 0.05) is 14.1 Å². The van der Waals surface area contributed by atoms with Crippen LogP contribution in [-0.2, 0) is 9.53 Å². The summed E-state index contributed by atoms with van der Waals surface area (Å²) in [6.07, 6.45) is 3.20. The molecule has 0 aromatic heterocycles. The number of carbonyl (C=O) groups is 1. The van der Waals surface area contributed by atoms with Gasteiger partial charge in [-0.2, -0.15) is 0 Å². The van der Waals surface area contributed by atoms with Crippen molar-refractivity contribution in [2.75, 3.05) is 6.61 Å². The van der Waals surface area contributed by atoms with Crippen LogP contribution in [0.5, 0.6) is 0 Å². The van der Waals surface area contributed by atoms with Crippen molar-refractivity contribution in [2.45, 2.75) is 6.92 Å². The fourth-order valence-electron chi connectivity index (χ4n) is 0.985. The van der Waals surface area contributed by atoms with Gasteiger partial charge in [-0.05, 0) is 53.3 Å². The lowest BCUT2D eigenvalue weighted by atomic mass is 10.2. The van der Waals surface area contributed by atoms with E-state index in [-0.39, 0.29) is 5.97 Å². The molecule has 0 bridgehead atoms. The summed E-state index contributed by atoms with van der Waals surface area (Å²) in [4.78, 5) is 11.1. The molecule has 80 valence electrons. The van der Waals surface area contributed by atoms with Crippen molar-refractivity contribution < 1.29 is 9.53 Å². The molecule has 4 heteroatoms. The molecule has 1 aromatic rings. The summed E-state index contributed by atoms with van der Waals surface area (Å²) in [6, 6.07) is 5.87. The normalized spacial score (nSPS) is 10.6. The molecule has 15 heavy (non-hydrogen) atoms. The number of hydrogen-bond acceptors (Lipinski definition) is 2. The molecule has 0 aliphatic rings. The summed E-state index contributed by atoms with van der Waals surface area (Å²) in [7, 11) is 0. The van der Waals surface area contributed by atoms with E-state index in [0.29, 0.717) is 6.61 Å². The van der Waals surface area contributed by atoms with Gasteiger partial charge in [-0.25, -0.2) is 4.79 Å². The Bertz CT molecular complexity index is 388. The van der Waals surface area contributed by atoms with Crippen LogP contribution >= 0.6 is 38.5 Å². The average molecular weight is 381 g/mol. The van der Waals surface area contributed by atoms with Crippen LogP contribution in [-0.4, -0.2) is 12.6 Å². The van der Waals surface area contributed by atoms with E-state index in [4.69, 9.17) is 4.74 Å². The Labute approximate surface area is 111 Å². The molecule has 0 aliphatic heterocycles. The van der Waals surface area contributed by atoms with E-state index in [9.17, 15) is 4.79 Å². The van der Waals surface area contributed by atoms with Crippen molar-refractivity contribution in [3.05, 3.63) is 37.9 Å². The number of halogens is 2. The lowest BCUT2D eigenvalue weighted by Crippen LogP contribution is -1.98. The molecular formula is C11H10BrIO2. The molecule has 0 N–H and O–H groups in total. The third-order valence-electron chi connectivity index (χ3n) is 1.65. The molecule has 0 spiro atoms. The number of benzene rings is 1. The molecule has 1 rings (SSSR count). The highest BCUT2D eigenvalue weighted by molar-refractivity contribution is 14.1. The molecule has 0 heterocycles. The molecule has 0 atom stereocenters. The van der Waals surface area contributed by atoms with Gasteiger partial charge in [0.2, 0.25) is 0 Å². The number of esters is 1. The van der Waals surface area contributed by atoms with Gasteiger partial charge in [-0.15, -0.1) is 0 Å². The molecule has 0 unspecified atom stereocenters. The Kier molecular flexibility index (Phi) is 5.31. The van der Waals surface area contributed by atoms with Crippen LogP contribution in [0.4, 0.5) is 0 Å². The summed E-state index contributed by atoms with van der Waals surface area (Å²) in [5, 5.41) is 0. The highest BCUT2D eigenvalue weighted by Gasteiger charge is 1.98. The summed E-state index contributed by atoms with van der Waals surface area (Å²) in [5.74, 6) is -0.309. The third kappa shape index (κ3) is 4.34. The lowest BCUT2D eigenvalue weighted by Gasteiger charge is -1.99. The topological polar surface area (TPSA) is 26.3 Å². The Morgan fingerprint density at radius 2 is 2.33 bits per heavy atom. The van der Waals surface area contributed by atoms with Crippen LogP contribution in [0.1, 0.15) is 12.5 Å². The van der Waals surface area contributed by atoms with Gasteiger partial charge >= 0.3 is 5.97 Å². The maximum Gasteiger partial charge on any atom is 0.330 e. The Hall–Kier alpha value is -0.360. The second-order valence-corrected chi connectivity index (χ2v) is 4.83. The van der Waals surface area contributed by atoms with Crippen LogP contribution < -0.4 is 0 Å². The molecule has 0 aliphatic carbocycles. The summed E-state index contributed by atoms with van der Waals surface area (Å²) in [5.41, 5.74) is 1.01. The second kappa shape index (κ2) is 6.27. The number of rotatable bonds is 3. The second-order valence-electron chi connectivity index (χ2n) is 2.75. The molecule has 0 radical (unpaired) electrons. The zero-order valence-electron chi connectivity index (χ0n) is 8.17. The fourth-order valence-corrected chi connectivity index (χ4v) is 2.47. The zero-order chi connectivity index (χ0) is 11.3. The van der Waals surface area contributed by atoms with Gasteiger partial charge in [0.1, 0.15) is 0 Å². The van der Waals surface area contributed by atoms with E-state index in [2.05, 4.69) is 38.5 Å². The first-order valence-corrected chi connectivity index (χ1v) is 6.30. The van der Waals surface area contributed by atoms with Gasteiger partial charge in [0.15, 0.2) is 0 Å². The van der Waals surface area contributed by atoms with Gasteiger partial charge in [0.05, 0.1) is 6.61 Å². The first-order valence-electron chi connectivity index (χ1n) is 4.43. The number of carbonyl (C=O) groups excluding carboxylic acids is 1. The van der Waals surface area contributed by atoms with Crippen LogP contribution in [0, 0.1) is 3.57 Å². The first kappa shape index (κ1) is 12.7. The number of hydrogen-bond donors (Lipinski definition) is 0. The third-order valence-corrected chi connectivity index (χ3v) is 3.08. The van der Waals surface area contributed by atoms with Crippen molar-refractivity contribution in [3.63, 3.8) is 0 Å². The Morgan fingerprint density at radius 1 is 1.60 bits per heavy atom. The standard InChI is InChI=1S/C11H10BrIO2/c1-2-15-11(14)6-4-8-3-5-9(12)7-10(8)13/h3-7H,2H2,1H3/b6-4+. The van der Waals surface area contributed by atoms with E-state index in [0.717, 1.165) is 13.6 Å². The monoisotopic (exact) mass is 380 g/mol. The average Bonchev–Trinajstić information content (AvgIpc) is 2.17. The summed E-state index contributed by atoms with van der Waals surface area (Å²) in [6.45, 7) is 2.19. The largest absolute Gasteiger partial charge is 0.463 e. The van der Waals surface area contributed by atoms with Crippen molar-refractivity contribution in [1.82, 2.24) is 0 Å². The highest BCUT2D eigenvalue weighted by Crippen LogP contribution is 2.19. The van der Waals surface area contributed by atoms with Crippen LogP contribution in [0.2, 0.25) is 0 Å². The highest BCUT2D eigenvalue weighted by atomic mass is 127. The molecular weight excluding hydrogens is 371 g/mol. The van der Waals surface area contributed by atoms with E-state index in [1.165, 1.54) is 6.08 Å². The van der Waals surface area contributed by atoms with Crippen molar-refractivity contribution in [1.29, 1.82) is 0 Å².